The molecule has 0 spiro atoms. The third kappa shape index (κ3) is 21.9. The van der Waals surface area contributed by atoms with E-state index in [2.05, 4.69) is 27.7 Å². The first kappa shape index (κ1) is 29.9. The van der Waals surface area contributed by atoms with Crippen LogP contribution < -0.4 is 0 Å². The van der Waals surface area contributed by atoms with Gasteiger partial charge in [-0.2, -0.15) is 0 Å². The summed E-state index contributed by atoms with van der Waals surface area (Å²) in [5.41, 5.74) is 0. The Hall–Kier alpha value is -1.06. The van der Waals surface area contributed by atoms with Crippen LogP contribution in [-0.4, -0.2) is 25.2 Å². The second kappa shape index (κ2) is 20.8. The molecule has 0 saturated carbocycles. The molecular formula is C27H52O4. The molecule has 0 aliphatic rings. The first-order valence-corrected chi connectivity index (χ1v) is 13.1. The van der Waals surface area contributed by atoms with Crippen LogP contribution in [0, 0.1) is 17.8 Å². The van der Waals surface area contributed by atoms with E-state index in [9.17, 15) is 9.59 Å². The van der Waals surface area contributed by atoms with Crippen molar-refractivity contribution >= 4 is 11.9 Å². The number of hydrogen-bond acceptors (Lipinski definition) is 4. The molecule has 0 fully saturated rings. The summed E-state index contributed by atoms with van der Waals surface area (Å²) in [6.07, 6.45) is 16.3. The SMILES string of the molecule is CC(C)CCCOC(=O)CCCCCCCCCCCC(C)C(=O)OCCCC(C)C. The molecule has 0 aromatic heterocycles. The van der Waals surface area contributed by atoms with Crippen molar-refractivity contribution in [2.24, 2.45) is 17.8 Å². The van der Waals surface area contributed by atoms with Gasteiger partial charge < -0.3 is 9.47 Å². The van der Waals surface area contributed by atoms with Crippen molar-refractivity contribution in [2.45, 2.75) is 131 Å². The van der Waals surface area contributed by atoms with Crippen LogP contribution in [0.3, 0.4) is 0 Å². The fourth-order valence-electron chi connectivity index (χ4n) is 3.63. The molecule has 0 saturated heterocycles. The lowest BCUT2D eigenvalue weighted by Crippen LogP contribution is -2.15. The van der Waals surface area contributed by atoms with Gasteiger partial charge in [0, 0.05) is 6.42 Å². The lowest BCUT2D eigenvalue weighted by Gasteiger charge is -2.12. The molecule has 0 rings (SSSR count). The van der Waals surface area contributed by atoms with Gasteiger partial charge in [0.1, 0.15) is 0 Å². The molecule has 0 N–H and O–H groups in total. The highest BCUT2D eigenvalue weighted by molar-refractivity contribution is 5.71. The van der Waals surface area contributed by atoms with E-state index in [1.54, 1.807) is 0 Å². The maximum absolute atomic E-state index is 12.0. The summed E-state index contributed by atoms with van der Waals surface area (Å²) < 4.78 is 10.6. The van der Waals surface area contributed by atoms with E-state index < -0.39 is 0 Å². The van der Waals surface area contributed by atoms with Crippen LogP contribution in [0.2, 0.25) is 0 Å². The maximum atomic E-state index is 12.0. The van der Waals surface area contributed by atoms with Crippen LogP contribution in [0.5, 0.6) is 0 Å². The van der Waals surface area contributed by atoms with Crippen LogP contribution in [0.4, 0.5) is 0 Å². The van der Waals surface area contributed by atoms with E-state index in [4.69, 9.17) is 9.47 Å². The average Bonchev–Trinajstić information content (AvgIpc) is 2.71. The van der Waals surface area contributed by atoms with Crippen molar-refractivity contribution in [3.05, 3.63) is 0 Å². The molecule has 0 aliphatic carbocycles. The lowest BCUT2D eigenvalue weighted by atomic mass is 10.0. The third-order valence-corrected chi connectivity index (χ3v) is 5.78. The third-order valence-electron chi connectivity index (χ3n) is 5.78. The first-order valence-electron chi connectivity index (χ1n) is 13.1. The smallest absolute Gasteiger partial charge is 0.308 e. The molecule has 0 radical (unpaired) electrons. The highest BCUT2D eigenvalue weighted by atomic mass is 16.5. The number of ether oxygens (including phenoxy) is 2. The molecule has 0 aromatic carbocycles. The van der Waals surface area contributed by atoms with Crippen LogP contribution in [0.25, 0.3) is 0 Å². The van der Waals surface area contributed by atoms with Gasteiger partial charge >= 0.3 is 11.9 Å². The van der Waals surface area contributed by atoms with Gasteiger partial charge in [-0.1, -0.05) is 86.0 Å². The molecule has 4 heteroatoms. The first-order chi connectivity index (χ1) is 14.8. The highest BCUT2D eigenvalue weighted by Crippen LogP contribution is 2.15. The predicted molar refractivity (Wildman–Crippen MR) is 130 cm³/mol. The van der Waals surface area contributed by atoms with E-state index in [1.165, 1.54) is 38.5 Å². The molecule has 1 atom stereocenters. The predicted octanol–water partition coefficient (Wildman–Crippen LogP) is 7.87. The molecule has 0 amide bonds. The van der Waals surface area contributed by atoms with Crippen LogP contribution >= 0.6 is 0 Å². The number of hydrogen-bond donors (Lipinski definition) is 0. The van der Waals surface area contributed by atoms with Gasteiger partial charge in [0.05, 0.1) is 19.1 Å². The van der Waals surface area contributed by atoms with Crippen molar-refractivity contribution in [3.63, 3.8) is 0 Å². The van der Waals surface area contributed by atoms with E-state index in [0.29, 0.717) is 31.5 Å². The van der Waals surface area contributed by atoms with Crippen molar-refractivity contribution < 1.29 is 19.1 Å². The molecule has 0 heterocycles. The van der Waals surface area contributed by atoms with Crippen LogP contribution in [-0.2, 0) is 19.1 Å². The number of carbonyl (C=O) groups excluding carboxylic acids is 2. The Labute approximate surface area is 193 Å². The van der Waals surface area contributed by atoms with E-state index in [0.717, 1.165) is 51.4 Å². The van der Waals surface area contributed by atoms with Gasteiger partial charge in [0.15, 0.2) is 0 Å². The fourth-order valence-corrected chi connectivity index (χ4v) is 3.63. The zero-order valence-electron chi connectivity index (χ0n) is 21.4. The van der Waals surface area contributed by atoms with Crippen LogP contribution in [0.1, 0.15) is 131 Å². The van der Waals surface area contributed by atoms with Gasteiger partial charge in [-0.05, 0) is 50.4 Å². The average molecular weight is 441 g/mol. The Balaban J connectivity index is 3.37. The van der Waals surface area contributed by atoms with Gasteiger partial charge in [0.2, 0.25) is 0 Å². The topological polar surface area (TPSA) is 52.6 Å². The number of rotatable bonds is 21. The Bertz CT molecular complexity index is 431. The summed E-state index contributed by atoms with van der Waals surface area (Å²) in [5.74, 6) is 1.32. The van der Waals surface area contributed by atoms with E-state index in [-0.39, 0.29) is 17.9 Å². The number of carbonyl (C=O) groups is 2. The summed E-state index contributed by atoms with van der Waals surface area (Å²) in [6, 6.07) is 0. The fraction of sp³-hybridized carbons (Fsp3) is 0.926. The minimum atomic E-state index is -0.0302. The Morgan fingerprint density at radius 3 is 1.52 bits per heavy atom. The van der Waals surface area contributed by atoms with Gasteiger partial charge in [0.25, 0.3) is 0 Å². The summed E-state index contributed by atoms with van der Waals surface area (Å²) in [4.78, 5) is 23.6. The van der Waals surface area contributed by atoms with E-state index >= 15 is 0 Å². The summed E-state index contributed by atoms with van der Waals surface area (Å²) >= 11 is 0. The number of unbranched alkanes of at least 4 members (excludes halogenated alkanes) is 8. The summed E-state index contributed by atoms with van der Waals surface area (Å²) in [7, 11) is 0. The second-order valence-electron chi connectivity index (χ2n) is 10.1. The maximum Gasteiger partial charge on any atom is 0.308 e. The quantitative estimate of drug-likeness (QED) is 0.135. The second-order valence-corrected chi connectivity index (χ2v) is 10.1. The largest absolute Gasteiger partial charge is 0.466 e. The minimum absolute atomic E-state index is 0.0248. The van der Waals surface area contributed by atoms with Gasteiger partial charge in [-0.25, -0.2) is 0 Å². The van der Waals surface area contributed by atoms with Gasteiger partial charge in [-0.3, -0.25) is 9.59 Å². The molecule has 4 nitrogen and oxygen atoms in total. The normalized spacial score (nSPS) is 12.4. The molecular weight excluding hydrogens is 388 g/mol. The number of esters is 2. The Morgan fingerprint density at radius 2 is 1.00 bits per heavy atom. The van der Waals surface area contributed by atoms with Crippen molar-refractivity contribution in [1.82, 2.24) is 0 Å². The van der Waals surface area contributed by atoms with E-state index in [1.807, 2.05) is 6.92 Å². The standard InChI is InChI=1S/C27H52O4/c1-23(2)17-15-21-30-26(28)20-14-12-10-8-6-7-9-11-13-19-25(5)27(29)31-22-16-18-24(3)4/h23-25H,6-22H2,1-5H3. The summed E-state index contributed by atoms with van der Waals surface area (Å²) in [5, 5.41) is 0. The zero-order valence-corrected chi connectivity index (χ0v) is 21.4. The Kier molecular flexibility index (Phi) is 20.1. The molecule has 1 unspecified atom stereocenters. The van der Waals surface area contributed by atoms with Gasteiger partial charge in [-0.15, -0.1) is 0 Å². The Morgan fingerprint density at radius 1 is 0.548 bits per heavy atom. The monoisotopic (exact) mass is 440 g/mol. The molecule has 0 bridgehead atoms. The minimum Gasteiger partial charge on any atom is -0.466 e. The summed E-state index contributed by atoms with van der Waals surface area (Å²) in [6.45, 7) is 11.9. The molecule has 0 aliphatic heterocycles. The molecule has 31 heavy (non-hydrogen) atoms. The molecule has 184 valence electrons. The van der Waals surface area contributed by atoms with Crippen LogP contribution in [0.15, 0.2) is 0 Å². The van der Waals surface area contributed by atoms with Crippen molar-refractivity contribution in [2.75, 3.05) is 13.2 Å². The van der Waals surface area contributed by atoms with Crippen molar-refractivity contribution in [3.8, 4) is 0 Å². The molecule has 0 aromatic rings. The van der Waals surface area contributed by atoms with Crippen molar-refractivity contribution in [1.29, 1.82) is 0 Å². The lowest BCUT2D eigenvalue weighted by molar-refractivity contribution is -0.148. The zero-order chi connectivity index (χ0) is 23.3. The highest BCUT2D eigenvalue weighted by Gasteiger charge is 2.13.